The normalized spacial score (nSPS) is 10.8. The van der Waals surface area contributed by atoms with E-state index in [1.54, 1.807) is 0 Å². The Morgan fingerprint density at radius 3 is 2.48 bits per heavy atom. The molecule has 0 fully saturated rings. The third kappa shape index (κ3) is 2.17. The van der Waals surface area contributed by atoms with Gasteiger partial charge in [0, 0.05) is 16.5 Å². The first-order valence-corrected chi connectivity index (χ1v) is 6.79. The molecule has 0 unspecified atom stereocenters. The van der Waals surface area contributed by atoms with E-state index in [0.29, 0.717) is 16.5 Å². The molecule has 3 rings (SSSR count). The van der Waals surface area contributed by atoms with Crippen LogP contribution in [0.15, 0.2) is 42.5 Å². The number of ketones is 1. The standard InChI is InChI=1S/C18H15NO2/c1-11-8-14(10-20)17-15(9-11)19-18(16(17)12(2)21)13-6-4-3-5-7-13/h3-10,19H,1-2H3. The lowest BCUT2D eigenvalue weighted by Crippen LogP contribution is -1.96. The molecule has 0 aliphatic heterocycles. The predicted molar refractivity (Wildman–Crippen MR) is 83.9 cm³/mol. The maximum Gasteiger partial charge on any atom is 0.162 e. The molecule has 3 heteroatoms. The molecule has 0 aliphatic carbocycles. The van der Waals surface area contributed by atoms with Crippen molar-refractivity contribution in [3.8, 4) is 11.3 Å². The number of Topliss-reactive ketones (excluding diaryl/α,β-unsaturated/α-hetero) is 1. The van der Waals surface area contributed by atoms with Crippen LogP contribution in [0.5, 0.6) is 0 Å². The van der Waals surface area contributed by atoms with Gasteiger partial charge in [0.05, 0.1) is 11.3 Å². The van der Waals surface area contributed by atoms with Gasteiger partial charge in [0.25, 0.3) is 0 Å². The van der Waals surface area contributed by atoms with Gasteiger partial charge in [-0.05, 0) is 37.1 Å². The molecule has 0 saturated heterocycles. The van der Waals surface area contributed by atoms with E-state index in [9.17, 15) is 9.59 Å². The van der Waals surface area contributed by atoms with Crippen LogP contribution in [0, 0.1) is 6.92 Å². The molecule has 0 saturated carbocycles. The van der Waals surface area contributed by atoms with Crippen molar-refractivity contribution in [2.45, 2.75) is 13.8 Å². The van der Waals surface area contributed by atoms with Gasteiger partial charge in [-0.25, -0.2) is 0 Å². The molecular formula is C18H15NO2. The van der Waals surface area contributed by atoms with Crippen molar-refractivity contribution >= 4 is 23.0 Å². The molecular weight excluding hydrogens is 262 g/mol. The summed E-state index contributed by atoms with van der Waals surface area (Å²) in [6.07, 6.45) is 0.810. The summed E-state index contributed by atoms with van der Waals surface area (Å²) in [4.78, 5) is 26.8. The molecule has 1 heterocycles. The predicted octanol–water partition coefficient (Wildman–Crippen LogP) is 4.16. The number of fused-ring (bicyclic) bond motifs is 1. The Morgan fingerprint density at radius 2 is 1.86 bits per heavy atom. The van der Waals surface area contributed by atoms with Crippen LogP contribution in [0.2, 0.25) is 0 Å². The van der Waals surface area contributed by atoms with Crippen LogP contribution < -0.4 is 0 Å². The highest BCUT2D eigenvalue weighted by Crippen LogP contribution is 2.33. The second-order valence-corrected chi connectivity index (χ2v) is 5.19. The number of H-pyrrole nitrogens is 1. The maximum atomic E-state index is 12.1. The van der Waals surface area contributed by atoms with Gasteiger partial charge in [-0.2, -0.15) is 0 Å². The van der Waals surface area contributed by atoms with Crippen LogP contribution in [0.25, 0.3) is 22.2 Å². The number of hydrogen-bond donors (Lipinski definition) is 1. The van der Waals surface area contributed by atoms with E-state index in [0.717, 1.165) is 28.6 Å². The highest BCUT2D eigenvalue weighted by Gasteiger charge is 2.19. The van der Waals surface area contributed by atoms with E-state index in [1.807, 2.05) is 49.4 Å². The zero-order valence-electron chi connectivity index (χ0n) is 11.9. The lowest BCUT2D eigenvalue weighted by Gasteiger charge is -2.02. The smallest absolute Gasteiger partial charge is 0.162 e. The summed E-state index contributed by atoms with van der Waals surface area (Å²) >= 11 is 0. The number of aldehydes is 1. The van der Waals surface area contributed by atoms with Gasteiger partial charge in [0.15, 0.2) is 12.1 Å². The van der Waals surface area contributed by atoms with Crippen molar-refractivity contribution in [3.63, 3.8) is 0 Å². The van der Waals surface area contributed by atoms with Crippen molar-refractivity contribution in [2.75, 3.05) is 0 Å². The van der Waals surface area contributed by atoms with Crippen LogP contribution in [0.4, 0.5) is 0 Å². The van der Waals surface area contributed by atoms with Gasteiger partial charge in [-0.1, -0.05) is 30.3 Å². The summed E-state index contributed by atoms with van der Waals surface area (Å²) in [5, 5.41) is 0.710. The van der Waals surface area contributed by atoms with Crippen LogP contribution in [0.1, 0.15) is 33.2 Å². The van der Waals surface area contributed by atoms with Crippen LogP contribution in [0.3, 0.4) is 0 Å². The first-order chi connectivity index (χ1) is 10.1. The lowest BCUT2D eigenvalue weighted by molar-refractivity contribution is 0.102. The quantitative estimate of drug-likeness (QED) is 0.577. The van der Waals surface area contributed by atoms with Crippen molar-refractivity contribution in [3.05, 3.63) is 59.2 Å². The zero-order chi connectivity index (χ0) is 15.0. The number of aromatic amines is 1. The van der Waals surface area contributed by atoms with Crippen molar-refractivity contribution in [1.82, 2.24) is 4.98 Å². The average molecular weight is 277 g/mol. The molecule has 3 nitrogen and oxygen atoms in total. The number of carbonyl (C=O) groups is 2. The fourth-order valence-corrected chi connectivity index (χ4v) is 2.78. The number of carbonyl (C=O) groups excluding carboxylic acids is 2. The fourth-order valence-electron chi connectivity index (χ4n) is 2.78. The molecule has 0 spiro atoms. The van der Waals surface area contributed by atoms with Crippen LogP contribution in [-0.2, 0) is 0 Å². The molecule has 0 aliphatic rings. The Labute approximate surface area is 122 Å². The molecule has 0 bridgehead atoms. The summed E-state index contributed by atoms with van der Waals surface area (Å²) in [5.41, 5.74) is 4.65. The summed E-state index contributed by atoms with van der Waals surface area (Å²) in [6.45, 7) is 3.46. The van der Waals surface area contributed by atoms with Gasteiger partial charge in [0.1, 0.15) is 0 Å². The lowest BCUT2D eigenvalue weighted by atomic mass is 9.98. The van der Waals surface area contributed by atoms with Crippen molar-refractivity contribution in [1.29, 1.82) is 0 Å². The minimum Gasteiger partial charge on any atom is -0.354 e. The number of rotatable bonds is 3. The number of benzene rings is 2. The van der Waals surface area contributed by atoms with E-state index in [1.165, 1.54) is 6.92 Å². The van der Waals surface area contributed by atoms with E-state index in [2.05, 4.69) is 4.98 Å². The second-order valence-electron chi connectivity index (χ2n) is 5.19. The Balaban J connectivity index is 2.44. The van der Waals surface area contributed by atoms with Crippen LogP contribution >= 0.6 is 0 Å². The summed E-state index contributed by atoms with van der Waals surface area (Å²) in [5.74, 6) is -0.0490. The Hall–Kier alpha value is -2.68. The first kappa shape index (κ1) is 13.3. The number of hydrogen-bond acceptors (Lipinski definition) is 2. The number of nitrogens with one attached hydrogen (secondary N) is 1. The molecule has 21 heavy (non-hydrogen) atoms. The first-order valence-electron chi connectivity index (χ1n) is 6.79. The van der Waals surface area contributed by atoms with Crippen LogP contribution in [-0.4, -0.2) is 17.1 Å². The molecule has 104 valence electrons. The third-order valence-corrected chi connectivity index (χ3v) is 3.61. The van der Waals surface area contributed by atoms with E-state index < -0.39 is 0 Å². The molecule has 0 radical (unpaired) electrons. The van der Waals surface area contributed by atoms with Gasteiger partial charge >= 0.3 is 0 Å². The van der Waals surface area contributed by atoms with Crippen molar-refractivity contribution < 1.29 is 9.59 Å². The summed E-state index contributed by atoms with van der Waals surface area (Å²) in [6, 6.07) is 13.5. The molecule has 0 amide bonds. The fraction of sp³-hybridized carbons (Fsp3) is 0.111. The maximum absolute atomic E-state index is 12.1. The van der Waals surface area contributed by atoms with Gasteiger partial charge in [-0.15, -0.1) is 0 Å². The SMILES string of the molecule is CC(=O)c1c(-c2ccccc2)[nH]c2cc(C)cc(C=O)c12. The molecule has 1 N–H and O–H groups in total. The Morgan fingerprint density at radius 1 is 1.14 bits per heavy atom. The molecule has 1 aromatic heterocycles. The second kappa shape index (κ2) is 5.02. The zero-order valence-corrected chi connectivity index (χ0v) is 11.9. The minimum atomic E-state index is -0.0490. The monoisotopic (exact) mass is 277 g/mol. The number of aryl methyl sites for hydroxylation is 1. The van der Waals surface area contributed by atoms with E-state index in [-0.39, 0.29) is 5.78 Å². The average Bonchev–Trinajstić information content (AvgIpc) is 2.86. The molecule has 2 aromatic carbocycles. The molecule has 0 atom stereocenters. The Bertz CT molecular complexity index is 845. The van der Waals surface area contributed by atoms with Gasteiger partial charge in [0.2, 0.25) is 0 Å². The summed E-state index contributed by atoms with van der Waals surface area (Å²) in [7, 11) is 0. The minimum absolute atomic E-state index is 0.0490. The summed E-state index contributed by atoms with van der Waals surface area (Å²) < 4.78 is 0. The van der Waals surface area contributed by atoms with Gasteiger partial charge in [-0.3, -0.25) is 9.59 Å². The third-order valence-electron chi connectivity index (χ3n) is 3.61. The van der Waals surface area contributed by atoms with Crippen molar-refractivity contribution in [2.24, 2.45) is 0 Å². The topological polar surface area (TPSA) is 49.9 Å². The largest absolute Gasteiger partial charge is 0.354 e. The van der Waals surface area contributed by atoms with Gasteiger partial charge < -0.3 is 4.98 Å². The van der Waals surface area contributed by atoms with E-state index in [4.69, 9.17) is 0 Å². The molecule has 3 aromatic rings. The highest BCUT2D eigenvalue weighted by atomic mass is 16.1. The number of aromatic nitrogens is 1. The Kier molecular flexibility index (Phi) is 3.18. The highest BCUT2D eigenvalue weighted by molar-refractivity contribution is 6.16. The van der Waals surface area contributed by atoms with E-state index >= 15 is 0 Å².